The Morgan fingerprint density at radius 3 is 2.64 bits per heavy atom. The van der Waals surface area contributed by atoms with Gasteiger partial charge in [-0.25, -0.2) is 4.79 Å². The van der Waals surface area contributed by atoms with Crippen LogP contribution >= 0.6 is 0 Å². The zero-order valence-electron chi connectivity index (χ0n) is 8.61. The number of rotatable bonds is 3. The van der Waals surface area contributed by atoms with E-state index in [1.807, 2.05) is 0 Å². The second-order valence-corrected chi connectivity index (χ2v) is 3.77. The lowest BCUT2D eigenvalue weighted by Crippen LogP contribution is -2.20. The van der Waals surface area contributed by atoms with E-state index >= 15 is 0 Å². The first-order valence-corrected chi connectivity index (χ1v) is 5.18. The summed E-state index contributed by atoms with van der Waals surface area (Å²) in [5.41, 5.74) is 0. The third-order valence-corrected chi connectivity index (χ3v) is 2.76. The van der Waals surface area contributed by atoms with Gasteiger partial charge in [0.25, 0.3) is 0 Å². The number of ether oxygens (including phenoxy) is 1. The van der Waals surface area contributed by atoms with Gasteiger partial charge in [0.2, 0.25) is 0 Å². The summed E-state index contributed by atoms with van der Waals surface area (Å²) in [5.74, 6) is -0.0792. The molecule has 1 saturated carbocycles. The third-order valence-electron chi connectivity index (χ3n) is 2.76. The van der Waals surface area contributed by atoms with Crippen LogP contribution in [0.4, 0.5) is 0 Å². The monoisotopic (exact) mass is 198 g/mol. The zero-order valence-corrected chi connectivity index (χ0v) is 8.61. The summed E-state index contributed by atoms with van der Waals surface area (Å²) in [7, 11) is 1.33. The van der Waals surface area contributed by atoms with E-state index in [0.717, 1.165) is 12.8 Å². The molecule has 3 heteroatoms. The van der Waals surface area contributed by atoms with Gasteiger partial charge in [0.1, 0.15) is 0 Å². The van der Waals surface area contributed by atoms with Gasteiger partial charge in [0.05, 0.1) is 13.2 Å². The molecule has 0 aromatic heterocycles. The van der Waals surface area contributed by atoms with E-state index in [-0.39, 0.29) is 0 Å². The average molecular weight is 198 g/mol. The van der Waals surface area contributed by atoms with Crippen LogP contribution in [0, 0.1) is 5.92 Å². The van der Waals surface area contributed by atoms with Gasteiger partial charge in [0, 0.05) is 6.08 Å². The molecule has 0 bridgehead atoms. The van der Waals surface area contributed by atoms with Crippen molar-refractivity contribution in [2.24, 2.45) is 5.92 Å². The molecule has 80 valence electrons. The second kappa shape index (κ2) is 5.81. The van der Waals surface area contributed by atoms with Gasteiger partial charge in [-0.1, -0.05) is 19.3 Å². The minimum atomic E-state index is -0.491. The number of carbonyl (C=O) groups is 1. The van der Waals surface area contributed by atoms with E-state index in [4.69, 9.17) is 0 Å². The standard InChI is InChI=1S/C11H18O3/c1-14-11(13)8-7-10(12)9-5-3-2-4-6-9/h7-10,12H,2-6H2,1H3/b8-7+. The fourth-order valence-electron chi connectivity index (χ4n) is 1.88. The summed E-state index contributed by atoms with van der Waals surface area (Å²) in [6, 6.07) is 0. The highest BCUT2D eigenvalue weighted by atomic mass is 16.5. The predicted molar refractivity (Wildman–Crippen MR) is 53.7 cm³/mol. The largest absolute Gasteiger partial charge is 0.466 e. The van der Waals surface area contributed by atoms with Crippen molar-refractivity contribution in [3.63, 3.8) is 0 Å². The lowest BCUT2D eigenvalue weighted by molar-refractivity contribution is -0.134. The van der Waals surface area contributed by atoms with Gasteiger partial charge in [0.15, 0.2) is 0 Å². The van der Waals surface area contributed by atoms with Gasteiger partial charge in [-0.3, -0.25) is 0 Å². The Balaban J connectivity index is 2.35. The Morgan fingerprint density at radius 1 is 1.43 bits per heavy atom. The van der Waals surface area contributed by atoms with Crippen LogP contribution in [0.25, 0.3) is 0 Å². The first-order chi connectivity index (χ1) is 6.74. The van der Waals surface area contributed by atoms with E-state index in [2.05, 4.69) is 4.74 Å². The molecule has 0 aromatic rings. The lowest BCUT2D eigenvalue weighted by Gasteiger charge is -2.24. The summed E-state index contributed by atoms with van der Waals surface area (Å²) in [6.45, 7) is 0. The van der Waals surface area contributed by atoms with E-state index in [9.17, 15) is 9.90 Å². The summed E-state index contributed by atoms with van der Waals surface area (Å²) in [6.07, 6.45) is 8.13. The maximum absolute atomic E-state index is 10.8. The van der Waals surface area contributed by atoms with Gasteiger partial charge in [-0.2, -0.15) is 0 Å². The maximum Gasteiger partial charge on any atom is 0.330 e. The molecule has 3 nitrogen and oxygen atoms in total. The Bertz CT molecular complexity index is 205. The smallest absolute Gasteiger partial charge is 0.330 e. The molecule has 0 heterocycles. The Labute approximate surface area is 84.8 Å². The molecule has 1 aliphatic rings. The molecule has 0 spiro atoms. The van der Waals surface area contributed by atoms with Gasteiger partial charge in [-0.15, -0.1) is 0 Å². The Morgan fingerprint density at radius 2 is 2.07 bits per heavy atom. The maximum atomic E-state index is 10.8. The molecule has 0 radical (unpaired) electrons. The van der Waals surface area contributed by atoms with Crippen molar-refractivity contribution >= 4 is 5.97 Å². The Kier molecular flexibility index (Phi) is 4.66. The summed E-state index contributed by atoms with van der Waals surface area (Å²) >= 11 is 0. The molecule has 0 amide bonds. The minimum absolute atomic E-state index is 0.324. The predicted octanol–water partition coefficient (Wildman–Crippen LogP) is 1.66. The second-order valence-electron chi connectivity index (χ2n) is 3.77. The SMILES string of the molecule is COC(=O)/C=C/C(O)C1CCCCC1. The number of carbonyl (C=O) groups excluding carboxylic acids is 1. The van der Waals surface area contributed by atoms with Crippen LogP contribution in [0.5, 0.6) is 0 Å². The molecular weight excluding hydrogens is 180 g/mol. The third kappa shape index (κ3) is 3.50. The minimum Gasteiger partial charge on any atom is -0.466 e. The molecule has 1 N–H and O–H groups in total. The number of methoxy groups -OCH3 is 1. The highest BCUT2D eigenvalue weighted by molar-refractivity contribution is 5.81. The van der Waals surface area contributed by atoms with Crippen LogP contribution in [0.1, 0.15) is 32.1 Å². The molecule has 1 rings (SSSR count). The highest BCUT2D eigenvalue weighted by Crippen LogP contribution is 2.26. The topological polar surface area (TPSA) is 46.5 Å². The van der Waals surface area contributed by atoms with Crippen molar-refractivity contribution in [3.8, 4) is 0 Å². The van der Waals surface area contributed by atoms with Gasteiger partial charge in [-0.05, 0) is 24.8 Å². The fourth-order valence-corrected chi connectivity index (χ4v) is 1.88. The number of hydrogen-bond acceptors (Lipinski definition) is 3. The van der Waals surface area contributed by atoms with Crippen LogP contribution in [0.3, 0.4) is 0 Å². The van der Waals surface area contributed by atoms with E-state index in [1.54, 1.807) is 6.08 Å². The molecule has 0 aliphatic heterocycles. The van der Waals surface area contributed by atoms with Crippen LogP contribution in [0.15, 0.2) is 12.2 Å². The zero-order chi connectivity index (χ0) is 10.4. The average Bonchev–Trinajstić information content (AvgIpc) is 2.26. The van der Waals surface area contributed by atoms with Crippen molar-refractivity contribution in [1.29, 1.82) is 0 Å². The summed E-state index contributed by atoms with van der Waals surface area (Å²) in [4.78, 5) is 10.8. The first kappa shape index (κ1) is 11.2. The number of aliphatic hydroxyl groups excluding tert-OH is 1. The van der Waals surface area contributed by atoms with Crippen molar-refractivity contribution in [1.82, 2.24) is 0 Å². The quantitative estimate of drug-likeness (QED) is 0.554. The highest BCUT2D eigenvalue weighted by Gasteiger charge is 2.19. The molecule has 1 unspecified atom stereocenters. The molecule has 1 fully saturated rings. The van der Waals surface area contributed by atoms with Gasteiger partial charge < -0.3 is 9.84 Å². The Hall–Kier alpha value is -0.830. The van der Waals surface area contributed by atoms with E-state index in [1.165, 1.54) is 32.4 Å². The summed E-state index contributed by atoms with van der Waals surface area (Å²) < 4.78 is 4.45. The van der Waals surface area contributed by atoms with Crippen molar-refractivity contribution in [2.75, 3.05) is 7.11 Å². The number of aliphatic hydroxyl groups is 1. The molecule has 0 aromatic carbocycles. The van der Waals surface area contributed by atoms with E-state index in [0.29, 0.717) is 5.92 Å². The first-order valence-electron chi connectivity index (χ1n) is 5.18. The van der Waals surface area contributed by atoms with Crippen LogP contribution in [0.2, 0.25) is 0 Å². The fraction of sp³-hybridized carbons (Fsp3) is 0.727. The van der Waals surface area contributed by atoms with Crippen LogP contribution in [-0.2, 0) is 9.53 Å². The number of esters is 1. The summed E-state index contributed by atoms with van der Waals surface area (Å²) in [5, 5.41) is 9.72. The molecule has 1 aliphatic carbocycles. The molecule has 14 heavy (non-hydrogen) atoms. The normalized spacial score (nSPS) is 21.0. The van der Waals surface area contributed by atoms with Crippen molar-refractivity contribution in [3.05, 3.63) is 12.2 Å². The number of hydrogen-bond donors (Lipinski definition) is 1. The van der Waals surface area contributed by atoms with E-state index < -0.39 is 12.1 Å². The van der Waals surface area contributed by atoms with Crippen LogP contribution < -0.4 is 0 Å². The molecule has 0 saturated heterocycles. The van der Waals surface area contributed by atoms with Gasteiger partial charge >= 0.3 is 5.97 Å². The lowest BCUT2D eigenvalue weighted by atomic mass is 9.85. The molecule has 1 atom stereocenters. The van der Waals surface area contributed by atoms with Crippen molar-refractivity contribution in [2.45, 2.75) is 38.2 Å². The molecular formula is C11H18O3. The van der Waals surface area contributed by atoms with Crippen molar-refractivity contribution < 1.29 is 14.6 Å². The van der Waals surface area contributed by atoms with Crippen LogP contribution in [-0.4, -0.2) is 24.3 Å².